The predicted octanol–water partition coefficient (Wildman–Crippen LogP) is 6.59. The van der Waals surface area contributed by atoms with E-state index in [0.29, 0.717) is 36.9 Å². The lowest BCUT2D eigenvalue weighted by molar-refractivity contribution is -0.139. The van der Waals surface area contributed by atoms with Crippen LogP contribution in [0.5, 0.6) is 5.75 Å². The average molecular weight is 676 g/mol. The van der Waals surface area contributed by atoms with E-state index in [9.17, 15) is 14.0 Å². The van der Waals surface area contributed by atoms with Crippen molar-refractivity contribution in [1.29, 1.82) is 0 Å². The van der Waals surface area contributed by atoms with Crippen LogP contribution in [0.2, 0.25) is 10.0 Å². The summed E-state index contributed by atoms with van der Waals surface area (Å²) in [5.74, 6) is -0.590. The van der Waals surface area contributed by atoms with Gasteiger partial charge in [0.25, 0.3) is 5.56 Å². The second-order valence-electron chi connectivity index (χ2n) is 9.02. The van der Waals surface area contributed by atoms with Crippen molar-refractivity contribution in [2.24, 2.45) is 4.99 Å². The number of carbonyl (C=O) groups is 1. The third kappa shape index (κ3) is 6.04. The molecular formula is C30H22BrCl2FN2O4S. The molecule has 11 heteroatoms. The number of halogens is 4. The molecule has 0 saturated heterocycles. The van der Waals surface area contributed by atoms with E-state index in [1.807, 2.05) is 0 Å². The van der Waals surface area contributed by atoms with Gasteiger partial charge in [0.2, 0.25) is 0 Å². The van der Waals surface area contributed by atoms with Crippen LogP contribution in [0.3, 0.4) is 0 Å². The summed E-state index contributed by atoms with van der Waals surface area (Å²) in [6.45, 7) is 3.52. The first-order valence-corrected chi connectivity index (χ1v) is 14.8. The molecule has 0 aliphatic carbocycles. The lowest BCUT2D eigenvalue weighted by atomic mass is 9.96. The molecule has 0 fully saturated rings. The number of fused-ring (bicyclic) bond motifs is 1. The van der Waals surface area contributed by atoms with Crippen LogP contribution < -0.4 is 19.6 Å². The normalized spacial score (nSPS) is 15.0. The summed E-state index contributed by atoms with van der Waals surface area (Å²) >= 11 is 17.0. The lowest BCUT2D eigenvalue weighted by Crippen LogP contribution is -2.39. The number of ether oxygens (including phenoxy) is 2. The summed E-state index contributed by atoms with van der Waals surface area (Å²) in [5.41, 5.74) is 1.90. The van der Waals surface area contributed by atoms with Gasteiger partial charge in [0.1, 0.15) is 18.2 Å². The molecule has 41 heavy (non-hydrogen) atoms. The molecule has 1 unspecified atom stereocenters. The van der Waals surface area contributed by atoms with Gasteiger partial charge in [-0.2, -0.15) is 0 Å². The summed E-state index contributed by atoms with van der Waals surface area (Å²) in [6.07, 6.45) is 1.69. The minimum Gasteiger partial charge on any atom is -0.488 e. The van der Waals surface area contributed by atoms with Gasteiger partial charge in [-0.1, -0.05) is 68.7 Å². The van der Waals surface area contributed by atoms with Crippen molar-refractivity contribution in [3.8, 4) is 5.75 Å². The fourth-order valence-corrected chi connectivity index (χ4v) is 6.24. The molecule has 1 atom stereocenters. The largest absolute Gasteiger partial charge is 0.488 e. The molecule has 1 aliphatic heterocycles. The molecule has 0 spiro atoms. The van der Waals surface area contributed by atoms with E-state index in [1.165, 1.54) is 28.0 Å². The fraction of sp³-hybridized carbons (Fsp3) is 0.167. The Morgan fingerprint density at radius 3 is 2.63 bits per heavy atom. The van der Waals surface area contributed by atoms with Crippen LogP contribution in [0, 0.1) is 5.82 Å². The minimum absolute atomic E-state index is 0.103. The molecule has 4 aromatic rings. The molecular weight excluding hydrogens is 654 g/mol. The van der Waals surface area contributed by atoms with Crippen LogP contribution >= 0.6 is 50.5 Å². The average Bonchev–Trinajstić information content (AvgIpc) is 3.23. The topological polar surface area (TPSA) is 69.9 Å². The standard InChI is InChI=1S/C30H22BrCl2FN2O4S/c1-3-39-29(38)26-16(2)35-30-36(27(26)17-7-10-20(32)11-8-17)28(37)25(41-30)14-18-13-19(31)9-12-24(18)40-15-21-22(33)5-4-6-23(21)34/h4-14,27H,3,15H2,1-2H3. The van der Waals surface area contributed by atoms with Crippen LogP contribution in [-0.4, -0.2) is 17.1 Å². The lowest BCUT2D eigenvalue weighted by Gasteiger charge is -2.24. The van der Waals surface area contributed by atoms with Gasteiger partial charge in [-0.05, 0) is 68.0 Å². The Kier molecular flexibility index (Phi) is 8.79. The maximum Gasteiger partial charge on any atom is 0.338 e. The van der Waals surface area contributed by atoms with Gasteiger partial charge in [0.15, 0.2) is 4.80 Å². The number of carbonyl (C=O) groups excluding carboxylic acids is 1. The van der Waals surface area contributed by atoms with E-state index in [0.717, 1.165) is 4.47 Å². The Hall–Kier alpha value is -3.24. The van der Waals surface area contributed by atoms with E-state index >= 15 is 0 Å². The second-order valence-corrected chi connectivity index (χ2v) is 11.8. The van der Waals surface area contributed by atoms with Gasteiger partial charge in [0.05, 0.1) is 33.5 Å². The highest BCUT2D eigenvalue weighted by molar-refractivity contribution is 9.10. The Labute approximate surface area is 257 Å². The first kappa shape index (κ1) is 29.3. The van der Waals surface area contributed by atoms with Gasteiger partial charge in [-0.15, -0.1) is 0 Å². The zero-order chi connectivity index (χ0) is 29.3. The number of hydrogen-bond donors (Lipinski definition) is 0. The SMILES string of the molecule is CCOC(=O)C1=C(C)N=c2sc(=Cc3cc(Br)ccc3OCc3c(F)cccc3Cl)c(=O)n2C1c1ccc(Cl)cc1. The number of thiazole rings is 1. The van der Waals surface area contributed by atoms with Crippen molar-refractivity contribution in [2.75, 3.05) is 6.61 Å². The molecule has 1 aromatic heterocycles. The van der Waals surface area contributed by atoms with Crippen LogP contribution in [0.4, 0.5) is 4.39 Å². The fourth-order valence-electron chi connectivity index (χ4n) is 4.48. The zero-order valence-corrected chi connectivity index (χ0v) is 25.7. The van der Waals surface area contributed by atoms with Crippen molar-refractivity contribution in [1.82, 2.24) is 4.57 Å². The Bertz CT molecular complexity index is 1850. The third-order valence-corrected chi connectivity index (χ3v) is 8.48. The molecule has 6 nitrogen and oxygen atoms in total. The summed E-state index contributed by atoms with van der Waals surface area (Å²) < 4.78 is 28.3. The van der Waals surface area contributed by atoms with Gasteiger partial charge in [-0.25, -0.2) is 14.2 Å². The van der Waals surface area contributed by atoms with Crippen LogP contribution in [0.1, 0.15) is 36.6 Å². The first-order chi connectivity index (χ1) is 19.7. The van der Waals surface area contributed by atoms with E-state index in [4.69, 9.17) is 32.7 Å². The van der Waals surface area contributed by atoms with Gasteiger partial charge in [0, 0.05) is 20.6 Å². The van der Waals surface area contributed by atoms with Crippen molar-refractivity contribution in [3.05, 3.63) is 129 Å². The Morgan fingerprint density at radius 1 is 1.17 bits per heavy atom. The van der Waals surface area contributed by atoms with Crippen molar-refractivity contribution < 1.29 is 18.7 Å². The van der Waals surface area contributed by atoms with Gasteiger partial charge >= 0.3 is 5.97 Å². The molecule has 3 aromatic carbocycles. The molecule has 1 aliphatic rings. The van der Waals surface area contributed by atoms with E-state index in [1.54, 1.807) is 68.5 Å². The highest BCUT2D eigenvalue weighted by Crippen LogP contribution is 2.32. The second kappa shape index (κ2) is 12.3. The highest BCUT2D eigenvalue weighted by Gasteiger charge is 2.33. The Morgan fingerprint density at radius 2 is 1.93 bits per heavy atom. The molecule has 210 valence electrons. The molecule has 0 saturated carbocycles. The van der Waals surface area contributed by atoms with E-state index in [2.05, 4.69) is 20.9 Å². The van der Waals surface area contributed by atoms with E-state index in [-0.39, 0.29) is 34.9 Å². The third-order valence-electron chi connectivity index (χ3n) is 6.39. The number of aromatic nitrogens is 1. The van der Waals surface area contributed by atoms with Crippen LogP contribution in [0.25, 0.3) is 6.08 Å². The Balaban J connectivity index is 1.62. The summed E-state index contributed by atoms with van der Waals surface area (Å²) in [4.78, 5) is 32.0. The zero-order valence-electron chi connectivity index (χ0n) is 21.8. The highest BCUT2D eigenvalue weighted by atomic mass is 79.9. The number of allylic oxidation sites excluding steroid dienone is 1. The maximum absolute atomic E-state index is 14.3. The van der Waals surface area contributed by atoms with Crippen LogP contribution in [0.15, 0.2) is 86.2 Å². The molecule has 0 bridgehead atoms. The monoisotopic (exact) mass is 674 g/mol. The van der Waals surface area contributed by atoms with E-state index < -0.39 is 17.8 Å². The summed E-state index contributed by atoms with van der Waals surface area (Å²) in [7, 11) is 0. The maximum atomic E-state index is 14.3. The summed E-state index contributed by atoms with van der Waals surface area (Å²) in [6, 6.07) is 15.9. The number of benzene rings is 3. The smallest absolute Gasteiger partial charge is 0.338 e. The number of esters is 1. The number of rotatable bonds is 7. The molecule has 5 rings (SSSR count). The van der Waals surface area contributed by atoms with Crippen LogP contribution in [-0.2, 0) is 16.1 Å². The molecule has 0 amide bonds. The van der Waals surface area contributed by atoms with Gasteiger partial charge < -0.3 is 9.47 Å². The molecule has 2 heterocycles. The van der Waals surface area contributed by atoms with Gasteiger partial charge in [-0.3, -0.25) is 9.36 Å². The van der Waals surface area contributed by atoms with Crippen molar-refractivity contribution >= 4 is 62.5 Å². The van der Waals surface area contributed by atoms with Crippen molar-refractivity contribution in [2.45, 2.75) is 26.5 Å². The molecule has 0 N–H and O–H groups in total. The summed E-state index contributed by atoms with van der Waals surface area (Å²) in [5, 5.41) is 0.783. The minimum atomic E-state index is -0.758. The first-order valence-electron chi connectivity index (χ1n) is 12.5. The predicted molar refractivity (Wildman–Crippen MR) is 162 cm³/mol. The quantitative estimate of drug-likeness (QED) is 0.208. The number of hydrogen-bond acceptors (Lipinski definition) is 6. The molecule has 0 radical (unpaired) electrons. The number of nitrogens with zero attached hydrogens (tertiary/aromatic N) is 2. The van der Waals surface area contributed by atoms with Crippen molar-refractivity contribution in [3.63, 3.8) is 0 Å².